The molecule has 0 amide bonds. The van der Waals surface area contributed by atoms with E-state index >= 15 is 0 Å². The van der Waals surface area contributed by atoms with Crippen LogP contribution >= 0.6 is 0 Å². The van der Waals surface area contributed by atoms with E-state index in [-0.39, 0.29) is 12.6 Å². The number of carbonyl (C=O) groups is 1. The minimum Gasteiger partial charge on any atom is -0.488 e. The number of anilines is 1. The summed E-state index contributed by atoms with van der Waals surface area (Å²) in [4.78, 5) is 19.3. The Labute approximate surface area is 156 Å². The maximum absolute atomic E-state index is 11.2. The van der Waals surface area contributed by atoms with Crippen LogP contribution in [0.5, 0.6) is 11.5 Å². The summed E-state index contributed by atoms with van der Waals surface area (Å²) in [7, 11) is 1.32. The molecule has 3 rings (SSSR count). The normalized spacial score (nSPS) is 10.3. The van der Waals surface area contributed by atoms with Crippen molar-refractivity contribution in [3.63, 3.8) is 0 Å². The largest absolute Gasteiger partial charge is 0.488 e. The Morgan fingerprint density at radius 1 is 1.07 bits per heavy atom. The van der Waals surface area contributed by atoms with Gasteiger partial charge in [-0.25, -0.2) is 14.8 Å². The molecule has 7 heteroatoms. The van der Waals surface area contributed by atoms with Gasteiger partial charge in [0.2, 0.25) is 5.95 Å². The molecule has 138 valence electrons. The lowest BCUT2D eigenvalue weighted by molar-refractivity contribution is -0.142. The van der Waals surface area contributed by atoms with Gasteiger partial charge in [-0.3, -0.25) is 0 Å². The third-order valence-corrected chi connectivity index (χ3v) is 3.71. The van der Waals surface area contributed by atoms with Gasteiger partial charge in [-0.15, -0.1) is 0 Å². The highest BCUT2D eigenvalue weighted by Gasteiger charge is 2.09. The van der Waals surface area contributed by atoms with Crippen LogP contribution in [0, 0.1) is 0 Å². The van der Waals surface area contributed by atoms with E-state index in [1.165, 1.54) is 7.11 Å². The Morgan fingerprint density at radius 2 is 1.93 bits per heavy atom. The molecule has 0 radical (unpaired) electrons. The van der Waals surface area contributed by atoms with Crippen molar-refractivity contribution in [1.29, 1.82) is 0 Å². The Morgan fingerprint density at radius 3 is 2.74 bits per heavy atom. The zero-order chi connectivity index (χ0) is 19.1. The van der Waals surface area contributed by atoms with E-state index in [1.807, 2.05) is 42.5 Å². The lowest BCUT2D eigenvalue weighted by Crippen LogP contribution is -2.12. The van der Waals surface area contributed by atoms with Gasteiger partial charge in [0.25, 0.3) is 0 Å². The maximum atomic E-state index is 11.2. The van der Waals surface area contributed by atoms with Crippen LogP contribution in [0.1, 0.15) is 5.56 Å². The monoisotopic (exact) mass is 365 g/mol. The fraction of sp³-hybridized carbons (Fsp3) is 0.150. The van der Waals surface area contributed by atoms with Crippen LogP contribution < -0.4 is 15.2 Å². The molecule has 1 heterocycles. The smallest absolute Gasteiger partial charge is 0.343 e. The summed E-state index contributed by atoms with van der Waals surface area (Å²) in [5.41, 5.74) is 8.09. The highest BCUT2D eigenvalue weighted by molar-refractivity contribution is 5.70. The molecule has 0 atom stereocenters. The van der Waals surface area contributed by atoms with Gasteiger partial charge in [0.1, 0.15) is 18.1 Å². The lowest BCUT2D eigenvalue weighted by Gasteiger charge is -2.12. The van der Waals surface area contributed by atoms with Gasteiger partial charge < -0.3 is 19.9 Å². The van der Waals surface area contributed by atoms with E-state index in [0.29, 0.717) is 23.8 Å². The van der Waals surface area contributed by atoms with Gasteiger partial charge in [-0.2, -0.15) is 0 Å². The van der Waals surface area contributed by atoms with Gasteiger partial charge >= 0.3 is 5.97 Å². The standard InChI is InChI=1S/C20H19N3O4/c1-25-19(24)13-26-15-6-4-5-14(11-15)12-27-18-8-3-2-7-16(18)17-9-10-22-20(21)23-17/h2-11H,12-13H2,1H3,(H2,21,22,23). The molecule has 0 saturated carbocycles. The van der Waals surface area contributed by atoms with Gasteiger partial charge in [0.15, 0.2) is 6.61 Å². The van der Waals surface area contributed by atoms with Crippen molar-refractivity contribution in [2.24, 2.45) is 0 Å². The summed E-state index contributed by atoms with van der Waals surface area (Å²) in [6.45, 7) is 0.186. The van der Waals surface area contributed by atoms with Crippen LogP contribution in [0.15, 0.2) is 60.8 Å². The summed E-state index contributed by atoms with van der Waals surface area (Å²) < 4.78 is 15.9. The number of aromatic nitrogens is 2. The number of carbonyl (C=O) groups excluding carboxylic acids is 1. The Balaban J connectivity index is 1.71. The Hall–Kier alpha value is -3.61. The second-order valence-electron chi connectivity index (χ2n) is 5.60. The number of nitrogens with zero attached hydrogens (tertiary/aromatic N) is 2. The van der Waals surface area contributed by atoms with E-state index < -0.39 is 5.97 Å². The number of esters is 1. The Kier molecular flexibility index (Phi) is 5.84. The predicted molar refractivity (Wildman–Crippen MR) is 100 cm³/mol. The van der Waals surface area contributed by atoms with Gasteiger partial charge in [-0.1, -0.05) is 24.3 Å². The lowest BCUT2D eigenvalue weighted by atomic mass is 10.1. The van der Waals surface area contributed by atoms with Gasteiger partial charge in [0.05, 0.1) is 12.8 Å². The van der Waals surface area contributed by atoms with Crippen LogP contribution in [-0.2, 0) is 16.1 Å². The molecule has 0 saturated heterocycles. The van der Waals surface area contributed by atoms with Crippen LogP contribution in [0.25, 0.3) is 11.3 Å². The Bertz CT molecular complexity index is 930. The zero-order valence-electron chi connectivity index (χ0n) is 14.8. The summed E-state index contributed by atoms with van der Waals surface area (Å²) in [6.07, 6.45) is 1.61. The predicted octanol–water partition coefficient (Wildman–Crippen LogP) is 2.86. The number of benzene rings is 2. The molecule has 1 aromatic heterocycles. The van der Waals surface area contributed by atoms with Crippen molar-refractivity contribution in [2.75, 3.05) is 19.5 Å². The number of nitrogens with two attached hydrogens (primary N) is 1. The minimum absolute atomic E-state index is 0.140. The van der Waals surface area contributed by atoms with E-state index in [1.54, 1.807) is 18.3 Å². The van der Waals surface area contributed by atoms with E-state index in [9.17, 15) is 4.79 Å². The van der Waals surface area contributed by atoms with Gasteiger partial charge in [0, 0.05) is 11.8 Å². The van der Waals surface area contributed by atoms with Crippen molar-refractivity contribution in [3.05, 3.63) is 66.4 Å². The van der Waals surface area contributed by atoms with E-state index in [0.717, 1.165) is 11.1 Å². The number of ether oxygens (including phenoxy) is 3. The fourth-order valence-electron chi connectivity index (χ4n) is 2.42. The minimum atomic E-state index is -0.435. The van der Waals surface area contributed by atoms with Crippen LogP contribution in [-0.4, -0.2) is 29.7 Å². The molecular weight excluding hydrogens is 346 g/mol. The molecule has 0 spiro atoms. The van der Waals surface area contributed by atoms with E-state index in [4.69, 9.17) is 15.2 Å². The van der Waals surface area contributed by atoms with Crippen molar-refractivity contribution >= 4 is 11.9 Å². The van der Waals surface area contributed by atoms with E-state index in [2.05, 4.69) is 14.7 Å². The van der Waals surface area contributed by atoms with Crippen molar-refractivity contribution in [2.45, 2.75) is 6.61 Å². The molecule has 0 aliphatic rings. The summed E-state index contributed by atoms with van der Waals surface area (Å²) in [6, 6.07) is 16.7. The number of hydrogen-bond acceptors (Lipinski definition) is 7. The fourth-order valence-corrected chi connectivity index (χ4v) is 2.42. The zero-order valence-corrected chi connectivity index (χ0v) is 14.8. The summed E-state index contributed by atoms with van der Waals surface area (Å²) >= 11 is 0. The number of methoxy groups -OCH3 is 1. The first-order valence-electron chi connectivity index (χ1n) is 8.25. The molecule has 2 N–H and O–H groups in total. The second kappa shape index (κ2) is 8.66. The number of hydrogen-bond donors (Lipinski definition) is 1. The SMILES string of the molecule is COC(=O)COc1cccc(COc2ccccc2-c2ccnc(N)n2)c1. The first kappa shape index (κ1) is 18.2. The molecule has 0 fully saturated rings. The average Bonchev–Trinajstić information content (AvgIpc) is 2.71. The second-order valence-corrected chi connectivity index (χ2v) is 5.60. The van der Waals surface area contributed by atoms with Crippen LogP contribution in [0.2, 0.25) is 0 Å². The third-order valence-electron chi connectivity index (χ3n) is 3.71. The third kappa shape index (κ3) is 4.94. The average molecular weight is 365 g/mol. The molecule has 7 nitrogen and oxygen atoms in total. The van der Waals surface area contributed by atoms with Crippen molar-refractivity contribution in [3.8, 4) is 22.8 Å². The summed E-state index contributed by atoms with van der Waals surface area (Å²) in [5, 5.41) is 0. The number of rotatable bonds is 7. The number of para-hydroxylation sites is 1. The highest BCUT2D eigenvalue weighted by Crippen LogP contribution is 2.29. The molecule has 0 bridgehead atoms. The van der Waals surface area contributed by atoms with Crippen molar-refractivity contribution in [1.82, 2.24) is 9.97 Å². The highest BCUT2D eigenvalue weighted by atomic mass is 16.6. The summed E-state index contributed by atoms with van der Waals surface area (Å²) in [5.74, 6) is 1.02. The first-order chi connectivity index (χ1) is 13.2. The van der Waals surface area contributed by atoms with Crippen LogP contribution in [0.3, 0.4) is 0 Å². The quantitative estimate of drug-likeness (QED) is 0.643. The molecular formula is C20H19N3O4. The molecule has 0 aliphatic heterocycles. The molecule has 27 heavy (non-hydrogen) atoms. The van der Waals surface area contributed by atoms with Gasteiger partial charge in [-0.05, 0) is 35.9 Å². The topological polar surface area (TPSA) is 96.6 Å². The molecule has 3 aromatic rings. The molecule has 0 aliphatic carbocycles. The molecule has 0 unspecified atom stereocenters. The first-order valence-corrected chi connectivity index (χ1v) is 8.25. The molecule has 2 aromatic carbocycles. The number of nitrogen functional groups attached to an aromatic ring is 1. The maximum Gasteiger partial charge on any atom is 0.343 e. The van der Waals surface area contributed by atoms with Crippen molar-refractivity contribution < 1.29 is 19.0 Å². The van der Waals surface area contributed by atoms with Crippen LogP contribution in [0.4, 0.5) is 5.95 Å².